The van der Waals surface area contributed by atoms with E-state index in [0.717, 1.165) is 16.6 Å². The molecule has 4 aromatic rings. The van der Waals surface area contributed by atoms with Crippen molar-refractivity contribution in [3.8, 4) is 5.69 Å². The van der Waals surface area contributed by atoms with Crippen LogP contribution in [0.5, 0.6) is 0 Å². The first-order valence-electron chi connectivity index (χ1n) is 10.5. The van der Waals surface area contributed by atoms with Gasteiger partial charge in [-0.15, -0.1) is 0 Å². The number of amidine groups is 1. The van der Waals surface area contributed by atoms with E-state index >= 15 is 4.39 Å². The van der Waals surface area contributed by atoms with E-state index in [9.17, 15) is 13.2 Å². The van der Waals surface area contributed by atoms with Gasteiger partial charge in [0.1, 0.15) is 5.82 Å². The van der Waals surface area contributed by atoms with Crippen molar-refractivity contribution in [3.05, 3.63) is 101 Å². The third kappa shape index (κ3) is 3.07. The molecule has 3 heterocycles. The third-order valence-electron chi connectivity index (χ3n) is 5.98. The first-order chi connectivity index (χ1) is 16.3. The predicted molar refractivity (Wildman–Crippen MR) is 123 cm³/mol. The smallest absolute Gasteiger partial charge is 0.307 e. The molecule has 0 saturated heterocycles. The number of fused-ring (bicyclic) bond motifs is 4. The number of hydrogen-bond acceptors (Lipinski definition) is 4. The zero-order valence-electron chi connectivity index (χ0n) is 17.7. The molecule has 6 rings (SSSR count). The Bertz CT molecular complexity index is 1470. The minimum absolute atomic E-state index is 0.120. The molecule has 2 aliphatic rings. The molecule has 34 heavy (non-hydrogen) atoms. The number of alkyl halides is 3. The molecule has 0 radical (unpaired) electrons. The molecule has 170 valence electrons. The lowest BCUT2D eigenvalue weighted by atomic mass is 9.95. The fourth-order valence-electron chi connectivity index (χ4n) is 4.55. The van der Waals surface area contributed by atoms with Crippen molar-refractivity contribution in [2.75, 3.05) is 4.90 Å². The van der Waals surface area contributed by atoms with Gasteiger partial charge in [-0.3, -0.25) is 0 Å². The molecule has 4 nitrogen and oxygen atoms in total. The van der Waals surface area contributed by atoms with E-state index in [1.807, 2.05) is 29.2 Å². The van der Waals surface area contributed by atoms with Gasteiger partial charge in [-0.2, -0.15) is 18.3 Å². The minimum Gasteiger partial charge on any atom is -0.307 e. The molecule has 0 N–H and O–H groups in total. The highest BCUT2D eigenvalue weighted by atomic mass is 32.2. The molecule has 0 unspecified atom stereocenters. The van der Waals surface area contributed by atoms with Crippen LogP contribution in [0.25, 0.3) is 5.69 Å². The van der Waals surface area contributed by atoms with Crippen LogP contribution in [0.4, 0.5) is 29.1 Å². The monoisotopic (exact) mass is 480 g/mol. The van der Waals surface area contributed by atoms with Crippen molar-refractivity contribution in [1.82, 2.24) is 9.78 Å². The molecule has 0 amide bonds. The third-order valence-corrected chi connectivity index (χ3v) is 7.02. The SMILES string of the molecule is Cc1nn(-c2ccccc2C(F)(F)F)c2c1[C@@H](c1ccccc1F)N1C(=N2)Sc2ccccc21. The Balaban J connectivity index is 1.65. The van der Waals surface area contributed by atoms with Gasteiger partial charge in [0.15, 0.2) is 11.0 Å². The van der Waals surface area contributed by atoms with Crippen LogP contribution in [0.3, 0.4) is 0 Å². The van der Waals surface area contributed by atoms with Crippen LogP contribution in [0, 0.1) is 12.7 Å². The molecule has 0 spiro atoms. The maximum Gasteiger partial charge on any atom is 0.418 e. The molecule has 1 atom stereocenters. The lowest BCUT2D eigenvalue weighted by Crippen LogP contribution is -2.34. The number of rotatable bonds is 2. The van der Waals surface area contributed by atoms with Gasteiger partial charge in [0.05, 0.1) is 28.7 Å². The van der Waals surface area contributed by atoms with E-state index in [1.165, 1.54) is 40.7 Å². The van der Waals surface area contributed by atoms with Crippen molar-refractivity contribution < 1.29 is 17.6 Å². The summed E-state index contributed by atoms with van der Waals surface area (Å²) in [5.74, 6) is -0.133. The van der Waals surface area contributed by atoms with Crippen LogP contribution in [-0.2, 0) is 6.18 Å². The zero-order valence-corrected chi connectivity index (χ0v) is 18.5. The molecule has 2 aliphatic heterocycles. The van der Waals surface area contributed by atoms with Crippen molar-refractivity contribution in [2.24, 2.45) is 4.99 Å². The van der Waals surface area contributed by atoms with Gasteiger partial charge in [-0.05, 0) is 49.0 Å². The molecule has 0 bridgehead atoms. The summed E-state index contributed by atoms with van der Waals surface area (Å²) in [6.07, 6.45) is -4.57. The zero-order chi connectivity index (χ0) is 23.6. The normalized spacial score (nSPS) is 16.7. The predicted octanol–water partition coefficient (Wildman–Crippen LogP) is 7.04. The Morgan fingerprint density at radius 3 is 2.32 bits per heavy atom. The van der Waals surface area contributed by atoms with Crippen LogP contribution in [0.2, 0.25) is 0 Å². The average molecular weight is 480 g/mol. The Labute approximate surface area is 196 Å². The number of anilines is 1. The lowest BCUT2D eigenvalue weighted by Gasteiger charge is -2.33. The maximum absolute atomic E-state index is 15.1. The topological polar surface area (TPSA) is 33.4 Å². The standard InChI is InChI=1S/C25H16F4N4S/c1-14-21-22(15-8-2-4-10-17(15)26)32-19-12-6-7-13-20(19)34-24(32)30-23(21)33(31-14)18-11-5-3-9-16(18)25(27,28)29/h2-13,22H,1H3/t22-/m1/s1. The number of aliphatic imine (C=N–C) groups is 1. The maximum atomic E-state index is 15.1. The first kappa shape index (κ1) is 21.0. The highest BCUT2D eigenvalue weighted by Crippen LogP contribution is 2.53. The Hall–Kier alpha value is -3.59. The lowest BCUT2D eigenvalue weighted by molar-refractivity contribution is -0.137. The summed E-state index contributed by atoms with van der Waals surface area (Å²) in [6.45, 7) is 1.72. The first-order valence-corrected chi connectivity index (χ1v) is 11.3. The van der Waals surface area contributed by atoms with Crippen LogP contribution >= 0.6 is 11.8 Å². The summed E-state index contributed by atoms with van der Waals surface area (Å²) >= 11 is 1.40. The summed E-state index contributed by atoms with van der Waals surface area (Å²) in [6, 6.07) is 18.8. The van der Waals surface area contributed by atoms with E-state index in [4.69, 9.17) is 4.99 Å². The molecule has 1 aromatic heterocycles. The molecule has 0 fully saturated rings. The van der Waals surface area contributed by atoms with Gasteiger partial charge in [-0.25, -0.2) is 14.1 Å². The average Bonchev–Trinajstić information content (AvgIpc) is 3.35. The fourth-order valence-corrected chi connectivity index (χ4v) is 5.60. The number of para-hydroxylation sites is 2. The van der Waals surface area contributed by atoms with E-state index < -0.39 is 23.6 Å². The number of benzene rings is 3. The number of halogens is 4. The highest BCUT2D eigenvalue weighted by Gasteiger charge is 2.43. The summed E-state index contributed by atoms with van der Waals surface area (Å²) < 4.78 is 57.8. The van der Waals surface area contributed by atoms with Gasteiger partial charge < -0.3 is 4.90 Å². The second-order valence-electron chi connectivity index (χ2n) is 8.01. The fraction of sp³-hybridized carbons (Fsp3) is 0.120. The molecule has 3 aromatic carbocycles. The number of nitrogens with zero attached hydrogens (tertiary/aromatic N) is 4. The summed E-state index contributed by atoms with van der Waals surface area (Å²) in [5.41, 5.74) is 1.39. The molecular formula is C25H16F4N4S. The Morgan fingerprint density at radius 2 is 1.56 bits per heavy atom. The van der Waals surface area contributed by atoms with Crippen LogP contribution in [0.15, 0.2) is 82.7 Å². The van der Waals surface area contributed by atoms with Crippen molar-refractivity contribution in [2.45, 2.75) is 24.0 Å². The van der Waals surface area contributed by atoms with E-state index in [1.54, 1.807) is 25.1 Å². The molecule has 0 aliphatic carbocycles. The van der Waals surface area contributed by atoms with E-state index in [-0.39, 0.29) is 11.5 Å². The Kier molecular flexibility index (Phi) is 4.60. The number of aryl methyl sites for hydroxylation is 1. The van der Waals surface area contributed by atoms with E-state index in [2.05, 4.69) is 5.10 Å². The molecular weight excluding hydrogens is 464 g/mol. The summed E-state index contributed by atoms with van der Waals surface area (Å²) in [4.78, 5) is 7.65. The van der Waals surface area contributed by atoms with Crippen molar-refractivity contribution in [3.63, 3.8) is 0 Å². The van der Waals surface area contributed by atoms with Crippen LogP contribution in [0.1, 0.15) is 28.4 Å². The van der Waals surface area contributed by atoms with Crippen molar-refractivity contribution in [1.29, 1.82) is 0 Å². The largest absolute Gasteiger partial charge is 0.418 e. The van der Waals surface area contributed by atoms with Gasteiger partial charge >= 0.3 is 6.18 Å². The molecule has 0 saturated carbocycles. The van der Waals surface area contributed by atoms with Crippen LogP contribution in [-0.4, -0.2) is 14.9 Å². The highest BCUT2D eigenvalue weighted by molar-refractivity contribution is 8.14. The van der Waals surface area contributed by atoms with Crippen molar-refractivity contribution >= 4 is 28.4 Å². The molecule has 9 heteroatoms. The second-order valence-corrected chi connectivity index (χ2v) is 9.02. The summed E-state index contributed by atoms with van der Waals surface area (Å²) in [7, 11) is 0. The summed E-state index contributed by atoms with van der Waals surface area (Å²) in [5, 5.41) is 5.04. The van der Waals surface area contributed by atoms with Gasteiger partial charge in [0.2, 0.25) is 0 Å². The number of thioether (sulfide) groups is 1. The second kappa shape index (κ2) is 7.46. The van der Waals surface area contributed by atoms with Crippen LogP contribution < -0.4 is 4.90 Å². The number of aromatic nitrogens is 2. The minimum atomic E-state index is -4.57. The number of hydrogen-bond donors (Lipinski definition) is 0. The van der Waals surface area contributed by atoms with Gasteiger partial charge in [-0.1, -0.05) is 42.5 Å². The van der Waals surface area contributed by atoms with E-state index in [0.29, 0.717) is 22.0 Å². The Morgan fingerprint density at radius 1 is 0.882 bits per heavy atom. The van der Waals surface area contributed by atoms with Gasteiger partial charge in [0, 0.05) is 16.0 Å². The quantitative estimate of drug-likeness (QED) is 0.289. The van der Waals surface area contributed by atoms with Gasteiger partial charge in [0.25, 0.3) is 0 Å².